The Labute approximate surface area is 191 Å². The Morgan fingerprint density at radius 2 is 2.03 bits per heavy atom. The highest BCUT2D eigenvalue weighted by Crippen LogP contribution is 2.35. The smallest absolute Gasteiger partial charge is 0.405 e. The lowest BCUT2D eigenvalue weighted by Crippen LogP contribution is -2.40. The third-order valence-electron chi connectivity index (χ3n) is 6.81. The van der Waals surface area contributed by atoms with Crippen LogP contribution in [0.2, 0.25) is 0 Å². The van der Waals surface area contributed by atoms with Crippen molar-refractivity contribution in [3.63, 3.8) is 0 Å². The number of ether oxygens (including phenoxy) is 1. The van der Waals surface area contributed by atoms with Crippen molar-refractivity contribution in [3.8, 4) is 11.8 Å². The fraction of sp³-hybridized carbons (Fsp3) is 0.542. The first-order chi connectivity index (χ1) is 15.9. The number of carbonyl (C=O) groups is 2. The predicted octanol–water partition coefficient (Wildman–Crippen LogP) is 4.09. The summed E-state index contributed by atoms with van der Waals surface area (Å²) in [4.78, 5) is 28.1. The Bertz CT molecular complexity index is 1100. The van der Waals surface area contributed by atoms with Crippen molar-refractivity contribution in [1.82, 2.24) is 15.2 Å². The Hall–Kier alpha value is -3.28. The van der Waals surface area contributed by atoms with Crippen LogP contribution in [0.3, 0.4) is 0 Å². The van der Waals surface area contributed by atoms with Crippen LogP contribution in [0.4, 0.5) is 9.18 Å². The number of methoxy groups -OCH3 is 1. The zero-order valence-electron chi connectivity index (χ0n) is 18.7. The molecule has 0 atom stereocenters. The fourth-order valence-electron chi connectivity index (χ4n) is 4.80. The van der Waals surface area contributed by atoms with Crippen LogP contribution >= 0.6 is 0 Å². The predicted molar refractivity (Wildman–Crippen MR) is 119 cm³/mol. The number of carboxylic acid groups (broad SMARTS) is 1. The quantitative estimate of drug-likeness (QED) is 0.643. The van der Waals surface area contributed by atoms with Gasteiger partial charge in [0.2, 0.25) is 5.91 Å². The number of aromatic amines is 1. The van der Waals surface area contributed by atoms with Gasteiger partial charge in [-0.3, -0.25) is 4.79 Å². The summed E-state index contributed by atoms with van der Waals surface area (Å²) in [5, 5.41) is 19.5. The number of H-pyrrole nitrogens is 1. The number of aromatic nitrogens is 1. The van der Waals surface area contributed by atoms with E-state index in [1.54, 1.807) is 13.2 Å². The molecule has 3 N–H and O–H groups in total. The minimum Gasteiger partial charge on any atom is -0.494 e. The van der Waals surface area contributed by atoms with Gasteiger partial charge < -0.3 is 25.0 Å². The number of nitrogens with zero attached hydrogens (tertiary/aromatic N) is 2. The third-order valence-corrected chi connectivity index (χ3v) is 6.81. The second-order valence-corrected chi connectivity index (χ2v) is 9.08. The number of benzene rings is 1. The molecule has 2 heterocycles. The summed E-state index contributed by atoms with van der Waals surface area (Å²) in [6, 6.07) is 4.83. The number of nitriles is 1. The van der Waals surface area contributed by atoms with Gasteiger partial charge in [0.05, 0.1) is 18.7 Å². The molecule has 0 bridgehead atoms. The molecule has 2 saturated carbocycles. The van der Waals surface area contributed by atoms with Crippen LogP contribution in [0.25, 0.3) is 10.9 Å². The SMILES string of the molecule is COc1cc(F)cc2c3c([nH]c12)CCN(C(=O)C1CCCCC1)C3.N#CC1(NC(=O)O)CC1. The Morgan fingerprint density at radius 1 is 1.30 bits per heavy atom. The minimum atomic E-state index is -1.12. The highest BCUT2D eigenvalue weighted by Gasteiger charge is 2.44. The normalized spacial score (nSPS) is 19.0. The molecule has 0 unspecified atom stereocenters. The molecule has 2 fully saturated rings. The van der Waals surface area contributed by atoms with Gasteiger partial charge in [0.1, 0.15) is 17.1 Å². The van der Waals surface area contributed by atoms with E-state index in [-0.39, 0.29) is 17.6 Å². The van der Waals surface area contributed by atoms with Gasteiger partial charge in [0.25, 0.3) is 0 Å². The molecule has 0 saturated heterocycles. The van der Waals surface area contributed by atoms with Gasteiger partial charge in [-0.2, -0.15) is 5.26 Å². The van der Waals surface area contributed by atoms with E-state index in [0.29, 0.717) is 25.1 Å². The first-order valence-electron chi connectivity index (χ1n) is 11.4. The highest BCUT2D eigenvalue weighted by molar-refractivity contribution is 5.90. The molecule has 0 radical (unpaired) electrons. The van der Waals surface area contributed by atoms with E-state index in [1.807, 2.05) is 11.0 Å². The number of carbonyl (C=O) groups excluding carboxylic acids is 1. The maximum atomic E-state index is 13.9. The number of rotatable bonds is 3. The van der Waals surface area contributed by atoms with E-state index in [1.165, 1.54) is 12.5 Å². The minimum absolute atomic E-state index is 0.178. The van der Waals surface area contributed by atoms with Crippen molar-refractivity contribution in [2.24, 2.45) is 5.92 Å². The Balaban J connectivity index is 0.000000243. The maximum absolute atomic E-state index is 13.9. The number of hydrogen-bond donors (Lipinski definition) is 3. The molecule has 33 heavy (non-hydrogen) atoms. The van der Waals surface area contributed by atoms with Gasteiger partial charge in [-0.05, 0) is 31.7 Å². The summed E-state index contributed by atoms with van der Waals surface area (Å²) >= 11 is 0. The lowest BCUT2D eigenvalue weighted by atomic mass is 9.87. The number of hydrogen-bond acceptors (Lipinski definition) is 4. The van der Waals surface area contributed by atoms with Gasteiger partial charge in [-0.1, -0.05) is 19.3 Å². The summed E-state index contributed by atoms with van der Waals surface area (Å²) in [5.41, 5.74) is 2.24. The number of fused-ring (bicyclic) bond motifs is 3. The van der Waals surface area contributed by atoms with Crippen molar-refractivity contribution in [2.75, 3.05) is 13.7 Å². The topological polar surface area (TPSA) is 118 Å². The molecule has 2 aliphatic carbocycles. The van der Waals surface area contributed by atoms with Gasteiger partial charge in [0, 0.05) is 48.1 Å². The van der Waals surface area contributed by atoms with Gasteiger partial charge in [-0.15, -0.1) is 0 Å². The molecule has 1 aromatic heterocycles. The Kier molecular flexibility index (Phi) is 6.45. The molecule has 3 aliphatic rings. The van der Waals surface area contributed by atoms with Crippen LogP contribution in [0, 0.1) is 23.1 Å². The molecular formula is C24H29FN4O4. The molecule has 1 aliphatic heterocycles. The van der Waals surface area contributed by atoms with Gasteiger partial charge in [-0.25, -0.2) is 9.18 Å². The molecule has 2 aromatic rings. The molecule has 176 valence electrons. The Morgan fingerprint density at radius 3 is 2.61 bits per heavy atom. The maximum Gasteiger partial charge on any atom is 0.405 e. The summed E-state index contributed by atoms with van der Waals surface area (Å²) in [6.45, 7) is 1.30. The van der Waals surface area contributed by atoms with Gasteiger partial charge >= 0.3 is 6.09 Å². The second kappa shape index (κ2) is 9.30. The zero-order valence-corrected chi connectivity index (χ0v) is 18.7. The fourth-order valence-corrected chi connectivity index (χ4v) is 4.80. The van der Waals surface area contributed by atoms with Crippen LogP contribution in [0.15, 0.2) is 12.1 Å². The first kappa shape index (κ1) is 22.9. The van der Waals surface area contributed by atoms with Gasteiger partial charge in [0.15, 0.2) is 0 Å². The van der Waals surface area contributed by atoms with E-state index >= 15 is 0 Å². The third kappa shape index (κ3) is 4.90. The molecule has 9 heteroatoms. The molecular weight excluding hydrogens is 427 g/mol. The van der Waals surface area contributed by atoms with E-state index in [4.69, 9.17) is 15.1 Å². The standard InChI is InChI=1S/C19H23FN2O2.C5H6N2O2/c1-24-17-10-13(20)9-14-15-11-22(8-7-16(15)21-18(14)17)19(23)12-5-3-2-4-6-12;6-3-5(1-2-5)7-4(8)9/h9-10,12,21H,2-8,11H2,1H3;7H,1-2H2,(H,8,9). The van der Waals surface area contributed by atoms with Crippen LogP contribution in [0.5, 0.6) is 5.75 Å². The van der Waals surface area contributed by atoms with Crippen molar-refractivity contribution in [1.29, 1.82) is 5.26 Å². The second-order valence-electron chi connectivity index (χ2n) is 9.08. The first-order valence-corrected chi connectivity index (χ1v) is 11.4. The largest absolute Gasteiger partial charge is 0.494 e. The van der Waals surface area contributed by atoms with E-state index in [9.17, 15) is 14.0 Å². The average molecular weight is 457 g/mol. The van der Waals surface area contributed by atoms with Crippen LogP contribution in [-0.4, -0.2) is 46.2 Å². The lowest BCUT2D eigenvalue weighted by Gasteiger charge is -2.32. The molecule has 0 spiro atoms. The molecule has 5 rings (SSSR count). The number of halogens is 1. The van der Waals surface area contributed by atoms with Crippen molar-refractivity contribution < 1.29 is 23.8 Å². The average Bonchev–Trinajstić information content (AvgIpc) is 3.50. The summed E-state index contributed by atoms with van der Waals surface area (Å²) in [5.74, 6) is 0.663. The van der Waals surface area contributed by atoms with Crippen LogP contribution < -0.4 is 10.1 Å². The molecule has 8 nitrogen and oxygen atoms in total. The lowest BCUT2D eigenvalue weighted by molar-refractivity contribution is -0.137. The van der Waals surface area contributed by atoms with Crippen molar-refractivity contribution in [3.05, 3.63) is 29.2 Å². The monoisotopic (exact) mass is 456 g/mol. The number of nitrogens with one attached hydrogen (secondary N) is 2. The van der Waals surface area contributed by atoms with Crippen LogP contribution in [0.1, 0.15) is 56.2 Å². The van der Waals surface area contributed by atoms with Crippen molar-refractivity contribution >= 4 is 22.9 Å². The summed E-state index contributed by atoms with van der Waals surface area (Å²) < 4.78 is 19.2. The summed E-state index contributed by atoms with van der Waals surface area (Å²) in [7, 11) is 1.55. The van der Waals surface area contributed by atoms with Crippen molar-refractivity contribution in [2.45, 2.75) is 63.5 Å². The van der Waals surface area contributed by atoms with Crippen LogP contribution in [-0.2, 0) is 17.8 Å². The number of amides is 2. The van der Waals surface area contributed by atoms with E-state index < -0.39 is 11.6 Å². The zero-order chi connectivity index (χ0) is 23.6. The molecule has 2 amide bonds. The molecule has 1 aromatic carbocycles. The van der Waals surface area contributed by atoms with E-state index in [0.717, 1.165) is 60.8 Å². The highest BCUT2D eigenvalue weighted by atomic mass is 19.1. The summed E-state index contributed by atoms with van der Waals surface area (Å²) in [6.07, 6.45) is 6.55. The van der Waals surface area contributed by atoms with E-state index in [2.05, 4.69) is 10.3 Å².